The molecule has 0 bridgehead atoms. The summed E-state index contributed by atoms with van der Waals surface area (Å²) in [5, 5.41) is 10.7. The van der Waals surface area contributed by atoms with Gasteiger partial charge in [0.1, 0.15) is 12.1 Å². The first-order valence-electron chi connectivity index (χ1n) is 12.1. The van der Waals surface area contributed by atoms with Crippen molar-refractivity contribution in [2.75, 3.05) is 0 Å². The molecule has 1 aromatic carbocycles. The zero-order valence-corrected chi connectivity index (χ0v) is 21.4. The Morgan fingerprint density at radius 3 is 1.94 bits per heavy atom. The Morgan fingerprint density at radius 2 is 1.46 bits per heavy atom. The van der Waals surface area contributed by atoms with Crippen molar-refractivity contribution in [3.05, 3.63) is 35.9 Å². The molecule has 1 aliphatic rings. The summed E-state index contributed by atoms with van der Waals surface area (Å²) in [6, 6.07) is 5.62. The van der Waals surface area contributed by atoms with Crippen LogP contribution in [0, 0.1) is 11.3 Å². The Morgan fingerprint density at radius 1 is 0.857 bits per heavy atom. The van der Waals surface area contributed by atoms with Crippen molar-refractivity contribution in [2.24, 2.45) is 11.3 Å². The van der Waals surface area contributed by atoms with E-state index in [9.17, 15) is 24.0 Å². The normalized spacial score (nSPS) is 16.3. The van der Waals surface area contributed by atoms with E-state index in [0.29, 0.717) is 5.56 Å². The summed E-state index contributed by atoms with van der Waals surface area (Å²) in [7, 11) is 0. The largest absolute Gasteiger partial charge is 0.347 e. The maximum Gasteiger partial charge on any atom is 0.289 e. The number of carbonyl (C=O) groups is 5. The van der Waals surface area contributed by atoms with E-state index >= 15 is 0 Å². The smallest absolute Gasteiger partial charge is 0.289 e. The Balaban J connectivity index is 2.02. The highest BCUT2D eigenvalue weighted by molar-refractivity contribution is 6.38. The van der Waals surface area contributed by atoms with Gasteiger partial charge in [0.15, 0.2) is 0 Å². The van der Waals surface area contributed by atoms with Gasteiger partial charge in [-0.1, -0.05) is 52.8 Å². The van der Waals surface area contributed by atoms with Crippen LogP contribution in [0.5, 0.6) is 0 Å². The molecule has 0 saturated heterocycles. The van der Waals surface area contributed by atoms with Crippen molar-refractivity contribution in [2.45, 2.75) is 85.0 Å². The number of Topliss-reactive ketones (excluding diaryl/α,β-unsaturated/α-hetero) is 1. The lowest BCUT2D eigenvalue weighted by atomic mass is 9.85. The first-order valence-corrected chi connectivity index (χ1v) is 12.1. The Labute approximate surface area is 207 Å². The van der Waals surface area contributed by atoms with Crippen molar-refractivity contribution in [3.8, 4) is 0 Å². The summed E-state index contributed by atoms with van der Waals surface area (Å²) in [5.74, 6) is -3.26. The minimum atomic E-state index is -1.02. The number of amides is 4. The van der Waals surface area contributed by atoms with Crippen molar-refractivity contribution in [3.63, 3.8) is 0 Å². The fourth-order valence-corrected chi connectivity index (χ4v) is 3.61. The van der Waals surface area contributed by atoms with Crippen LogP contribution in [0.4, 0.5) is 0 Å². The number of hydrogen-bond acceptors (Lipinski definition) is 5. The third-order valence-electron chi connectivity index (χ3n) is 6.10. The molecule has 1 fully saturated rings. The van der Waals surface area contributed by atoms with E-state index in [1.54, 1.807) is 65.0 Å². The first kappa shape index (κ1) is 28.0. The van der Waals surface area contributed by atoms with Crippen LogP contribution < -0.4 is 21.3 Å². The summed E-state index contributed by atoms with van der Waals surface area (Å²) in [6.45, 7) is 10.4. The van der Waals surface area contributed by atoms with Gasteiger partial charge in [0.05, 0.1) is 6.04 Å². The van der Waals surface area contributed by atoms with Crippen LogP contribution >= 0.6 is 0 Å². The molecule has 1 aliphatic carbocycles. The third kappa shape index (κ3) is 7.90. The molecule has 0 spiro atoms. The summed E-state index contributed by atoms with van der Waals surface area (Å²) in [5.41, 5.74) is -0.223. The summed E-state index contributed by atoms with van der Waals surface area (Å²) >= 11 is 0. The molecule has 0 aliphatic heterocycles. The van der Waals surface area contributed by atoms with Gasteiger partial charge in [0.25, 0.3) is 11.8 Å². The van der Waals surface area contributed by atoms with Gasteiger partial charge >= 0.3 is 0 Å². The molecule has 4 N–H and O–H groups in total. The number of carbonyl (C=O) groups excluding carboxylic acids is 5. The van der Waals surface area contributed by atoms with Crippen molar-refractivity contribution in [1.29, 1.82) is 0 Å². The highest BCUT2D eigenvalue weighted by Gasteiger charge is 2.36. The fourth-order valence-electron chi connectivity index (χ4n) is 3.61. The van der Waals surface area contributed by atoms with Gasteiger partial charge in [0.2, 0.25) is 17.6 Å². The SMILES string of the molecule is CC(NC(=O)C(NC(=O)c1ccccc1)C(C)(C)C)C(=O)NC(C(=O)C(=O)NC1CCC1)C(C)C. The van der Waals surface area contributed by atoms with Gasteiger partial charge in [0, 0.05) is 11.6 Å². The van der Waals surface area contributed by atoms with Gasteiger partial charge in [-0.2, -0.15) is 0 Å². The molecule has 3 unspecified atom stereocenters. The van der Waals surface area contributed by atoms with E-state index in [1.165, 1.54) is 6.92 Å². The van der Waals surface area contributed by atoms with Crippen molar-refractivity contribution >= 4 is 29.4 Å². The van der Waals surface area contributed by atoms with Gasteiger partial charge in [-0.05, 0) is 49.7 Å². The monoisotopic (exact) mass is 486 g/mol. The molecule has 1 aromatic rings. The van der Waals surface area contributed by atoms with Crippen LogP contribution in [0.15, 0.2) is 30.3 Å². The Kier molecular flexibility index (Phi) is 9.56. The standard InChI is InChI=1S/C26H38N4O5/c1-15(2)19(20(31)24(34)28-18-13-10-14-18)29-22(32)16(3)27-25(35)21(26(4,5)6)30-23(33)17-11-8-7-9-12-17/h7-9,11-12,15-16,18-19,21H,10,13-14H2,1-6H3,(H,27,35)(H,28,34)(H,29,32)(H,30,33). The van der Waals surface area contributed by atoms with Gasteiger partial charge < -0.3 is 21.3 Å². The van der Waals surface area contributed by atoms with Crippen LogP contribution in [0.2, 0.25) is 0 Å². The van der Waals surface area contributed by atoms with E-state index in [4.69, 9.17) is 0 Å². The molecule has 1 saturated carbocycles. The predicted molar refractivity (Wildman–Crippen MR) is 132 cm³/mol. The van der Waals surface area contributed by atoms with Gasteiger partial charge in [-0.15, -0.1) is 0 Å². The summed E-state index contributed by atoms with van der Waals surface area (Å²) in [4.78, 5) is 63.5. The number of hydrogen-bond donors (Lipinski definition) is 4. The minimum Gasteiger partial charge on any atom is -0.347 e. The molecule has 2 rings (SSSR count). The van der Waals surface area contributed by atoms with E-state index < -0.39 is 53.0 Å². The second kappa shape index (κ2) is 12.0. The number of rotatable bonds is 10. The average Bonchev–Trinajstić information content (AvgIpc) is 2.76. The molecule has 192 valence electrons. The third-order valence-corrected chi connectivity index (χ3v) is 6.10. The highest BCUT2D eigenvalue weighted by atomic mass is 16.2. The van der Waals surface area contributed by atoms with Gasteiger partial charge in [-0.25, -0.2) is 0 Å². The minimum absolute atomic E-state index is 0.00797. The van der Waals surface area contributed by atoms with Crippen molar-refractivity contribution in [1.82, 2.24) is 21.3 Å². The summed E-state index contributed by atoms with van der Waals surface area (Å²) in [6.07, 6.45) is 2.70. The molecule has 9 nitrogen and oxygen atoms in total. The Hall–Kier alpha value is -3.23. The molecule has 0 heterocycles. The first-order chi connectivity index (χ1) is 16.3. The zero-order valence-electron chi connectivity index (χ0n) is 21.4. The van der Waals surface area contributed by atoms with Crippen LogP contribution in [-0.4, -0.2) is 53.6 Å². The number of ketones is 1. The van der Waals surface area contributed by atoms with Crippen LogP contribution in [-0.2, 0) is 19.2 Å². The fraction of sp³-hybridized carbons (Fsp3) is 0.577. The van der Waals surface area contributed by atoms with Crippen molar-refractivity contribution < 1.29 is 24.0 Å². The molecule has 35 heavy (non-hydrogen) atoms. The number of nitrogens with one attached hydrogen (secondary N) is 4. The lowest BCUT2D eigenvalue weighted by Crippen LogP contribution is -2.59. The van der Waals surface area contributed by atoms with E-state index in [0.717, 1.165) is 19.3 Å². The maximum atomic E-state index is 13.1. The van der Waals surface area contributed by atoms with E-state index in [1.807, 2.05) is 0 Å². The van der Waals surface area contributed by atoms with Crippen LogP contribution in [0.3, 0.4) is 0 Å². The molecule has 0 radical (unpaired) electrons. The molecular weight excluding hydrogens is 448 g/mol. The molecule has 3 atom stereocenters. The lowest BCUT2D eigenvalue weighted by molar-refractivity contribution is -0.141. The molecule has 4 amide bonds. The van der Waals surface area contributed by atoms with E-state index in [2.05, 4.69) is 21.3 Å². The molecule has 9 heteroatoms. The molecular formula is C26H38N4O5. The van der Waals surface area contributed by atoms with Crippen LogP contribution in [0.25, 0.3) is 0 Å². The average molecular weight is 487 g/mol. The summed E-state index contributed by atoms with van der Waals surface area (Å²) < 4.78 is 0. The van der Waals surface area contributed by atoms with Crippen LogP contribution in [0.1, 0.15) is 71.2 Å². The Bertz CT molecular complexity index is 935. The van der Waals surface area contributed by atoms with Gasteiger partial charge in [-0.3, -0.25) is 24.0 Å². The maximum absolute atomic E-state index is 13.1. The lowest BCUT2D eigenvalue weighted by Gasteiger charge is -2.31. The number of benzene rings is 1. The predicted octanol–water partition coefficient (Wildman–Crippen LogP) is 1.71. The molecule has 0 aromatic heterocycles. The quantitative estimate of drug-likeness (QED) is 0.374. The second-order valence-corrected chi connectivity index (χ2v) is 10.6. The topological polar surface area (TPSA) is 133 Å². The highest BCUT2D eigenvalue weighted by Crippen LogP contribution is 2.20. The van der Waals surface area contributed by atoms with E-state index in [-0.39, 0.29) is 12.0 Å². The second-order valence-electron chi connectivity index (χ2n) is 10.6. The zero-order chi connectivity index (χ0) is 26.3.